The first-order chi connectivity index (χ1) is 10.2. The molecule has 7 nitrogen and oxygen atoms in total. The van der Waals surface area contributed by atoms with Crippen molar-refractivity contribution in [2.45, 2.75) is 19.7 Å². The number of methoxy groups -OCH3 is 1. The number of hydrogen-bond acceptors (Lipinski definition) is 5. The summed E-state index contributed by atoms with van der Waals surface area (Å²) in [5, 5.41) is 10.5. The molecule has 0 aliphatic heterocycles. The topological polar surface area (TPSA) is 95.1 Å². The number of nitrogens with two attached hydrogens (primary N) is 1. The van der Waals surface area contributed by atoms with Gasteiger partial charge in [-0.3, -0.25) is 9.48 Å². The van der Waals surface area contributed by atoms with Crippen LogP contribution in [0.15, 0.2) is 30.5 Å². The molecule has 1 aromatic carbocycles. The molecule has 0 spiro atoms. The lowest BCUT2D eigenvalue weighted by Gasteiger charge is -2.09. The first-order valence-electron chi connectivity index (χ1n) is 6.68. The number of rotatable bonds is 7. The highest BCUT2D eigenvalue weighted by Crippen LogP contribution is 2.09. The molecule has 0 aliphatic carbocycles. The molecular formula is C14H19N5O2. The molecule has 21 heavy (non-hydrogen) atoms. The summed E-state index contributed by atoms with van der Waals surface area (Å²) in [5.74, 6) is -0.259. The van der Waals surface area contributed by atoms with E-state index in [1.165, 1.54) is 0 Å². The van der Waals surface area contributed by atoms with Crippen molar-refractivity contribution >= 4 is 5.91 Å². The van der Waals surface area contributed by atoms with Crippen molar-refractivity contribution in [2.24, 2.45) is 5.73 Å². The Kier molecular flexibility index (Phi) is 5.42. The number of nitrogens with one attached hydrogen (secondary N) is 1. The monoisotopic (exact) mass is 289 g/mol. The number of carbonyl (C=O) groups is 1. The highest BCUT2D eigenvalue weighted by atomic mass is 16.5. The fourth-order valence-electron chi connectivity index (χ4n) is 1.94. The Labute approximate surface area is 123 Å². The van der Waals surface area contributed by atoms with Gasteiger partial charge in [-0.15, -0.1) is 5.10 Å². The fraction of sp³-hybridized carbons (Fsp3) is 0.357. The summed E-state index contributed by atoms with van der Waals surface area (Å²) in [6, 6.07) is 7.80. The van der Waals surface area contributed by atoms with E-state index in [2.05, 4.69) is 15.6 Å². The SMILES string of the molecule is COCc1ccccc1CNC(=O)c1cn(CCN)nn1. The van der Waals surface area contributed by atoms with Crippen molar-refractivity contribution < 1.29 is 9.53 Å². The molecule has 112 valence electrons. The van der Waals surface area contributed by atoms with E-state index in [1.54, 1.807) is 18.0 Å². The Morgan fingerprint density at radius 3 is 2.86 bits per heavy atom. The minimum atomic E-state index is -0.259. The molecule has 7 heteroatoms. The number of aromatic nitrogens is 3. The molecule has 0 saturated heterocycles. The molecule has 1 aromatic heterocycles. The first-order valence-corrected chi connectivity index (χ1v) is 6.68. The molecule has 0 radical (unpaired) electrons. The third kappa shape index (κ3) is 4.11. The average molecular weight is 289 g/mol. The van der Waals surface area contributed by atoms with E-state index in [9.17, 15) is 4.79 Å². The molecule has 2 rings (SSSR count). The van der Waals surface area contributed by atoms with Gasteiger partial charge in [0.25, 0.3) is 5.91 Å². The van der Waals surface area contributed by atoms with Crippen LogP contribution in [0.1, 0.15) is 21.6 Å². The lowest BCUT2D eigenvalue weighted by molar-refractivity contribution is 0.0945. The van der Waals surface area contributed by atoms with Gasteiger partial charge in [-0.1, -0.05) is 29.5 Å². The van der Waals surface area contributed by atoms with Crippen LogP contribution in [0.3, 0.4) is 0 Å². The van der Waals surface area contributed by atoms with Crippen molar-refractivity contribution in [2.75, 3.05) is 13.7 Å². The van der Waals surface area contributed by atoms with E-state index < -0.39 is 0 Å². The maximum Gasteiger partial charge on any atom is 0.273 e. The van der Waals surface area contributed by atoms with E-state index >= 15 is 0 Å². The van der Waals surface area contributed by atoms with Crippen LogP contribution in [0.5, 0.6) is 0 Å². The van der Waals surface area contributed by atoms with Crippen molar-refractivity contribution in [3.63, 3.8) is 0 Å². The first kappa shape index (κ1) is 15.1. The largest absolute Gasteiger partial charge is 0.380 e. The average Bonchev–Trinajstić information content (AvgIpc) is 2.95. The van der Waals surface area contributed by atoms with Crippen LogP contribution in [0.4, 0.5) is 0 Å². The summed E-state index contributed by atoms with van der Waals surface area (Å²) in [7, 11) is 1.64. The Hall–Kier alpha value is -2.25. The van der Waals surface area contributed by atoms with E-state index in [0.717, 1.165) is 11.1 Å². The van der Waals surface area contributed by atoms with E-state index in [-0.39, 0.29) is 11.6 Å². The molecule has 0 saturated carbocycles. The summed E-state index contributed by atoms with van der Waals surface area (Å²) in [4.78, 5) is 12.0. The van der Waals surface area contributed by atoms with Gasteiger partial charge < -0.3 is 15.8 Å². The minimum Gasteiger partial charge on any atom is -0.380 e. The van der Waals surface area contributed by atoms with Crippen LogP contribution >= 0.6 is 0 Å². The molecule has 0 atom stereocenters. The van der Waals surface area contributed by atoms with Crippen LogP contribution in [0.2, 0.25) is 0 Å². The Morgan fingerprint density at radius 1 is 1.38 bits per heavy atom. The number of amides is 1. The van der Waals surface area contributed by atoms with Gasteiger partial charge in [-0.25, -0.2) is 0 Å². The van der Waals surface area contributed by atoms with Gasteiger partial charge in [0.1, 0.15) is 0 Å². The van der Waals surface area contributed by atoms with Crippen LogP contribution in [-0.4, -0.2) is 34.6 Å². The minimum absolute atomic E-state index is 0.259. The van der Waals surface area contributed by atoms with Gasteiger partial charge in [0.2, 0.25) is 0 Å². The molecule has 0 fully saturated rings. The van der Waals surface area contributed by atoms with Crippen molar-refractivity contribution in [1.82, 2.24) is 20.3 Å². The smallest absolute Gasteiger partial charge is 0.273 e. The second kappa shape index (κ2) is 7.51. The van der Waals surface area contributed by atoms with Gasteiger partial charge in [-0.05, 0) is 11.1 Å². The molecule has 3 N–H and O–H groups in total. The number of carbonyl (C=O) groups excluding carboxylic acids is 1. The standard InChI is InChI=1S/C14H19N5O2/c1-21-10-12-5-3-2-4-11(12)8-16-14(20)13-9-19(7-6-15)18-17-13/h2-5,9H,6-8,10,15H2,1H3,(H,16,20). The Morgan fingerprint density at radius 2 is 2.14 bits per heavy atom. The molecule has 1 heterocycles. The second-order valence-corrected chi connectivity index (χ2v) is 4.54. The number of benzene rings is 1. The second-order valence-electron chi connectivity index (χ2n) is 4.54. The summed E-state index contributed by atoms with van der Waals surface area (Å²) in [5.41, 5.74) is 7.77. The van der Waals surface area contributed by atoms with Gasteiger partial charge >= 0.3 is 0 Å². The van der Waals surface area contributed by atoms with E-state index in [1.807, 2.05) is 24.3 Å². The fourth-order valence-corrected chi connectivity index (χ4v) is 1.94. The molecular weight excluding hydrogens is 270 g/mol. The van der Waals surface area contributed by atoms with Crippen molar-refractivity contribution in [3.05, 3.63) is 47.3 Å². The molecule has 0 unspecified atom stereocenters. The summed E-state index contributed by atoms with van der Waals surface area (Å²) >= 11 is 0. The van der Waals surface area contributed by atoms with Crippen molar-refractivity contribution in [3.8, 4) is 0 Å². The Bertz CT molecular complexity index is 597. The number of ether oxygens (including phenoxy) is 1. The lowest BCUT2D eigenvalue weighted by atomic mass is 10.1. The molecule has 2 aromatic rings. The van der Waals surface area contributed by atoms with Gasteiger partial charge in [-0.2, -0.15) is 0 Å². The zero-order valence-corrected chi connectivity index (χ0v) is 12.0. The summed E-state index contributed by atoms with van der Waals surface area (Å²) in [6.45, 7) is 1.92. The number of nitrogens with zero attached hydrogens (tertiary/aromatic N) is 3. The van der Waals surface area contributed by atoms with Crippen LogP contribution < -0.4 is 11.1 Å². The van der Waals surface area contributed by atoms with Crippen LogP contribution in [0, 0.1) is 0 Å². The molecule has 1 amide bonds. The molecule has 0 aliphatic rings. The van der Waals surface area contributed by atoms with Crippen LogP contribution in [-0.2, 0) is 24.4 Å². The predicted octanol–water partition coefficient (Wildman–Crippen LogP) is 0.313. The van der Waals surface area contributed by atoms with E-state index in [4.69, 9.17) is 10.5 Å². The Balaban J connectivity index is 1.97. The van der Waals surface area contributed by atoms with Crippen molar-refractivity contribution in [1.29, 1.82) is 0 Å². The van der Waals surface area contributed by atoms with Gasteiger partial charge in [0.15, 0.2) is 5.69 Å². The lowest BCUT2D eigenvalue weighted by Crippen LogP contribution is -2.23. The predicted molar refractivity (Wildman–Crippen MR) is 77.4 cm³/mol. The molecule has 0 bridgehead atoms. The highest BCUT2D eigenvalue weighted by molar-refractivity contribution is 5.91. The van der Waals surface area contributed by atoms with Crippen LogP contribution in [0.25, 0.3) is 0 Å². The maximum absolute atomic E-state index is 12.0. The quantitative estimate of drug-likeness (QED) is 0.765. The summed E-state index contributed by atoms with van der Waals surface area (Å²) < 4.78 is 6.69. The van der Waals surface area contributed by atoms with Gasteiger partial charge in [0.05, 0.1) is 19.3 Å². The van der Waals surface area contributed by atoms with Gasteiger partial charge in [0, 0.05) is 20.2 Å². The number of hydrogen-bond donors (Lipinski definition) is 2. The summed E-state index contributed by atoms with van der Waals surface area (Å²) in [6.07, 6.45) is 1.59. The third-order valence-corrected chi connectivity index (χ3v) is 2.99. The van der Waals surface area contributed by atoms with E-state index in [0.29, 0.717) is 26.2 Å². The normalized spacial score (nSPS) is 10.6. The zero-order chi connectivity index (χ0) is 15.1. The third-order valence-electron chi connectivity index (χ3n) is 2.99. The maximum atomic E-state index is 12.0. The highest BCUT2D eigenvalue weighted by Gasteiger charge is 2.11. The zero-order valence-electron chi connectivity index (χ0n) is 12.0.